The Morgan fingerprint density at radius 3 is 1.51 bits per heavy atom. The van der Waals surface area contributed by atoms with Crippen LogP contribution in [-0.2, 0) is 43.4 Å². The van der Waals surface area contributed by atoms with Gasteiger partial charge in [0, 0.05) is 36.5 Å². The van der Waals surface area contributed by atoms with E-state index in [1.165, 1.54) is 36.4 Å². The lowest BCUT2D eigenvalue weighted by molar-refractivity contribution is -0.539. The molecule has 0 saturated carbocycles. The van der Waals surface area contributed by atoms with Crippen molar-refractivity contribution in [2.45, 2.75) is 41.6 Å². The van der Waals surface area contributed by atoms with E-state index in [0.29, 0.717) is 31.7 Å². The van der Waals surface area contributed by atoms with E-state index in [4.69, 9.17) is 0 Å². The zero-order valence-electron chi connectivity index (χ0n) is 27.7. The van der Waals surface area contributed by atoms with Gasteiger partial charge in [0.2, 0.25) is 0 Å². The van der Waals surface area contributed by atoms with Crippen LogP contribution < -0.4 is 4.90 Å². The predicted molar refractivity (Wildman–Crippen MR) is 194 cm³/mol. The monoisotopic (exact) mass is 748 g/mol. The maximum absolute atomic E-state index is 11.6. The van der Waals surface area contributed by atoms with Crippen LogP contribution in [0.3, 0.4) is 0 Å². The summed E-state index contributed by atoms with van der Waals surface area (Å²) in [4.78, 5) is 1.42. The number of hydrogen-bond donors (Lipinski definition) is 2. The van der Waals surface area contributed by atoms with Crippen LogP contribution >= 0.6 is 0 Å². The highest BCUT2D eigenvalue weighted by molar-refractivity contribution is 7.86. The molecular formula is C37H36N2O9S3. The molecule has 4 aromatic rings. The van der Waals surface area contributed by atoms with Gasteiger partial charge in [-0.1, -0.05) is 48.5 Å². The van der Waals surface area contributed by atoms with Gasteiger partial charge < -0.3 is 9.45 Å². The molecule has 0 bridgehead atoms. The number of benzene rings is 4. The summed E-state index contributed by atoms with van der Waals surface area (Å²) in [6.07, 6.45) is 7.83. The fraction of sp³-hybridized carbons (Fsp3) is 0.162. The first kappa shape index (κ1) is 37.6. The van der Waals surface area contributed by atoms with Crippen LogP contribution in [0.1, 0.15) is 36.1 Å². The van der Waals surface area contributed by atoms with E-state index in [1.54, 1.807) is 36.4 Å². The van der Waals surface area contributed by atoms with E-state index in [9.17, 15) is 38.9 Å². The van der Waals surface area contributed by atoms with Crippen molar-refractivity contribution in [3.05, 3.63) is 149 Å². The highest BCUT2D eigenvalue weighted by Gasteiger charge is 2.18. The van der Waals surface area contributed by atoms with Crippen LogP contribution in [0.25, 0.3) is 5.57 Å². The topological polar surface area (TPSA) is 172 Å². The molecule has 0 unspecified atom stereocenters. The molecule has 0 radical (unpaired) electrons. The largest absolute Gasteiger partial charge is 0.744 e. The van der Waals surface area contributed by atoms with Crippen molar-refractivity contribution < 1.29 is 43.5 Å². The summed E-state index contributed by atoms with van der Waals surface area (Å²) in [6, 6.07) is 25.7. The highest BCUT2D eigenvalue weighted by atomic mass is 32.2. The lowest BCUT2D eigenvalue weighted by atomic mass is 9.90. The molecule has 0 amide bonds. The van der Waals surface area contributed by atoms with Crippen molar-refractivity contribution in [3.63, 3.8) is 0 Å². The second kappa shape index (κ2) is 15.3. The zero-order chi connectivity index (χ0) is 37.0. The Kier molecular flexibility index (Phi) is 11.2. The molecule has 14 heteroatoms. The maximum Gasteiger partial charge on any atom is 0.294 e. The second-order valence-corrected chi connectivity index (χ2v) is 15.9. The molecule has 51 heavy (non-hydrogen) atoms. The zero-order valence-corrected chi connectivity index (χ0v) is 30.2. The number of allylic oxidation sites excluding steroid dienone is 5. The van der Waals surface area contributed by atoms with E-state index in [1.807, 2.05) is 62.4 Å². The molecule has 0 spiro atoms. The Bertz CT molecular complexity index is 2340. The van der Waals surface area contributed by atoms with Crippen LogP contribution in [0.4, 0.5) is 5.69 Å². The fourth-order valence-corrected chi connectivity index (χ4v) is 7.14. The highest BCUT2D eigenvalue weighted by Crippen LogP contribution is 2.32. The predicted octanol–water partition coefficient (Wildman–Crippen LogP) is 5.71. The molecule has 2 N–H and O–H groups in total. The summed E-state index contributed by atoms with van der Waals surface area (Å²) in [7, 11) is -13.2. The van der Waals surface area contributed by atoms with Crippen molar-refractivity contribution in [2.75, 3.05) is 18.0 Å². The Morgan fingerprint density at radius 2 is 1.08 bits per heavy atom. The first-order valence-corrected chi connectivity index (χ1v) is 20.1. The van der Waals surface area contributed by atoms with Gasteiger partial charge in [0.1, 0.15) is 16.7 Å². The Morgan fingerprint density at radius 1 is 0.627 bits per heavy atom. The van der Waals surface area contributed by atoms with Gasteiger partial charge in [0.25, 0.3) is 20.2 Å². The molecule has 266 valence electrons. The van der Waals surface area contributed by atoms with E-state index >= 15 is 0 Å². The van der Waals surface area contributed by atoms with Crippen LogP contribution in [0.15, 0.2) is 142 Å². The molecule has 0 heterocycles. The van der Waals surface area contributed by atoms with Gasteiger partial charge in [0.05, 0.1) is 14.7 Å². The first-order valence-electron chi connectivity index (χ1n) is 15.8. The quantitative estimate of drug-likeness (QED) is 0.135. The van der Waals surface area contributed by atoms with Crippen molar-refractivity contribution in [1.82, 2.24) is 0 Å². The van der Waals surface area contributed by atoms with Crippen molar-refractivity contribution >= 4 is 47.3 Å². The van der Waals surface area contributed by atoms with Crippen molar-refractivity contribution in [3.8, 4) is 0 Å². The smallest absolute Gasteiger partial charge is 0.294 e. The number of hydrogen-bond acceptors (Lipinski definition) is 8. The van der Waals surface area contributed by atoms with Crippen molar-refractivity contribution in [1.29, 1.82) is 0 Å². The van der Waals surface area contributed by atoms with E-state index in [0.717, 1.165) is 39.2 Å². The lowest BCUT2D eigenvalue weighted by Gasteiger charge is -2.24. The van der Waals surface area contributed by atoms with E-state index in [-0.39, 0.29) is 14.7 Å². The van der Waals surface area contributed by atoms with Gasteiger partial charge >= 0.3 is 0 Å². The standard InChI is InChI=1S/C37H36N2O9S3/c1-3-38(25-27-5-19-34(20-6-27)49(40,41)42)32-15-9-29(10-16-32)37(31-13-23-36(24-14-31)51(46,47)48)30-11-17-33(18-12-30)39(4-2)26-28-7-21-35(22-8-28)50(43,44)45/h5-24H,3-4,25-26H2,1-2H3,(H2-,40,41,42,43,44,45,46,47,48). The number of nitrogens with zero attached hydrogens (tertiary/aromatic N) is 2. The van der Waals surface area contributed by atoms with E-state index < -0.39 is 30.4 Å². The molecule has 0 aliphatic heterocycles. The first-order chi connectivity index (χ1) is 24.1. The molecule has 0 fully saturated rings. The summed E-state index contributed by atoms with van der Waals surface area (Å²) < 4.78 is 101. The molecule has 0 atom stereocenters. The minimum absolute atomic E-state index is 0.175. The normalized spacial score (nSPS) is 13.4. The van der Waals surface area contributed by atoms with Gasteiger partial charge in [-0.15, -0.1) is 0 Å². The number of rotatable bonds is 12. The van der Waals surface area contributed by atoms with Crippen LogP contribution in [0.2, 0.25) is 0 Å². The number of anilines is 1. The van der Waals surface area contributed by atoms with Crippen LogP contribution in [0.5, 0.6) is 0 Å². The molecule has 0 aromatic heterocycles. The van der Waals surface area contributed by atoms with Gasteiger partial charge in [-0.25, -0.2) is 13.0 Å². The summed E-state index contributed by atoms with van der Waals surface area (Å²) in [5.41, 5.74) is 6.69. The molecule has 1 aliphatic carbocycles. The average molecular weight is 749 g/mol. The molecule has 4 aromatic carbocycles. The third-order valence-corrected chi connectivity index (χ3v) is 11.0. The maximum atomic E-state index is 11.6. The van der Waals surface area contributed by atoms with Gasteiger partial charge in [-0.05, 0) is 102 Å². The summed E-state index contributed by atoms with van der Waals surface area (Å²) >= 11 is 0. The van der Waals surface area contributed by atoms with Crippen molar-refractivity contribution in [2.24, 2.45) is 0 Å². The minimum Gasteiger partial charge on any atom is -0.744 e. The Labute approximate surface area is 298 Å². The Hall–Kier alpha value is -4.70. The molecule has 1 aliphatic rings. The summed E-state index contributed by atoms with van der Waals surface area (Å²) in [6.45, 7) is 6.29. The molecule has 5 rings (SSSR count). The van der Waals surface area contributed by atoms with Gasteiger partial charge in [0.15, 0.2) is 12.3 Å². The van der Waals surface area contributed by atoms with Gasteiger partial charge in [-0.2, -0.15) is 16.8 Å². The van der Waals surface area contributed by atoms with E-state index in [2.05, 4.69) is 9.48 Å². The molecule has 11 nitrogen and oxygen atoms in total. The van der Waals surface area contributed by atoms with Crippen LogP contribution in [0, 0.1) is 0 Å². The summed E-state index contributed by atoms with van der Waals surface area (Å²) in [5, 5.41) is 0. The SMILES string of the molecule is CCN(Cc1ccc(S(=O)(=O)O)cc1)c1ccc(C(=C2C=CC(=[N+](CC)Cc3ccc(S(=O)(=O)O)cc3)C=C2)c2ccc(S(=O)(=O)[O-])cc2)cc1. The fourth-order valence-electron chi connectivity index (χ4n) is 5.71. The van der Waals surface area contributed by atoms with Gasteiger partial charge in [-0.3, -0.25) is 9.11 Å². The third-order valence-electron chi connectivity index (χ3n) is 8.43. The lowest BCUT2D eigenvalue weighted by Crippen LogP contribution is -2.22. The second-order valence-electron chi connectivity index (χ2n) is 11.7. The summed E-state index contributed by atoms with van der Waals surface area (Å²) in [5.74, 6) is 0. The molecular weight excluding hydrogens is 713 g/mol. The average Bonchev–Trinajstić information content (AvgIpc) is 3.10. The minimum atomic E-state index is -4.64. The Balaban J connectivity index is 1.47. The molecule has 0 saturated heterocycles. The third kappa shape index (κ3) is 9.35. The van der Waals surface area contributed by atoms with Crippen LogP contribution in [-0.4, -0.2) is 62.3 Å².